The number of hydrogen-bond donors (Lipinski definition) is 0. The Hall–Kier alpha value is -0.900. The first-order chi connectivity index (χ1) is 4.43. The second-order valence-electron chi connectivity index (χ2n) is 1.72. The molecule has 0 saturated heterocycles. The summed E-state index contributed by atoms with van der Waals surface area (Å²) in [5.41, 5.74) is 0. The molecule has 0 aromatic carbocycles. The first-order valence-electron chi connectivity index (χ1n) is 2.84. The molecule has 0 bridgehead atoms. The van der Waals surface area contributed by atoms with Crippen LogP contribution < -0.4 is 0 Å². The molecule has 4 nitrogen and oxygen atoms in total. The third-order valence-corrected chi connectivity index (χ3v) is 0.998. The van der Waals surface area contributed by atoms with E-state index in [1.807, 2.05) is 0 Å². The molecule has 1 aromatic rings. The molecular formula is C5H8N3O. The Morgan fingerprint density at radius 1 is 1.56 bits per heavy atom. The molecule has 0 unspecified atom stereocenters. The highest BCUT2D eigenvalue weighted by Crippen LogP contribution is 1.83. The van der Waals surface area contributed by atoms with Gasteiger partial charge in [-0.3, -0.25) is 4.68 Å². The van der Waals surface area contributed by atoms with Gasteiger partial charge in [-0.15, -0.1) is 0 Å². The molecule has 9 heavy (non-hydrogen) atoms. The van der Waals surface area contributed by atoms with Crippen LogP contribution in [0.4, 0.5) is 0 Å². The number of hydrogen-bond acceptors (Lipinski definition) is 2. The molecule has 1 radical (unpaired) electrons. The summed E-state index contributed by atoms with van der Waals surface area (Å²) in [5.74, 6) is 0. The first-order valence-corrected chi connectivity index (χ1v) is 2.84. The molecule has 0 spiro atoms. The quantitative estimate of drug-likeness (QED) is 0.576. The van der Waals surface area contributed by atoms with Crippen molar-refractivity contribution in [3.05, 3.63) is 12.7 Å². The van der Waals surface area contributed by atoms with Crippen molar-refractivity contribution in [2.45, 2.75) is 13.0 Å². The number of aryl methyl sites for hydroxylation is 1. The van der Waals surface area contributed by atoms with Crippen molar-refractivity contribution in [2.24, 2.45) is 0 Å². The van der Waals surface area contributed by atoms with Crippen LogP contribution in [0, 0.1) is 0 Å². The van der Waals surface area contributed by atoms with Crippen molar-refractivity contribution >= 4 is 0 Å². The van der Waals surface area contributed by atoms with E-state index in [-0.39, 0.29) is 6.61 Å². The maximum Gasteiger partial charge on any atom is 0.137 e. The monoisotopic (exact) mass is 126 g/mol. The van der Waals surface area contributed by atoms with Crippen LogP contribution in [0.2, 0.25) is 0 Å². The Labute approximate surface area is 53.1 Å². The van der Waals surface area contributed by atoms with Gasteiger partial charge in [0.05, 0.1) is 6.61 Å². The fraction of sp³-hybridized carbons (Fsp3) is 0.600. The zero-order valence-corrected chi connectivity index (χ0v) is 5.03. The van der Waals surface area contributed by atoms with Gasteiger partial charge in [0.15, 0.2) is 0 Å². The van der Waals surface area contributed by atoms with Crippen LogP contribution in [0.25, 0.3) is 0 Å². The van der Waals surface area contributed by atoms with E-state index in [0.717, 1.165) is 0 Å². The summed E-state index contributed by atoms with van der Waals surface area (Å²) in [6, 6.07) is 0. The summed E-state index contributed by atoms with van der Waals surface area (Å²) in [4.78, 5) is 3.72. The van der Waals surface area contributed by atoms with Crippen molar-refractivity contribution in [3.63, 3.8) is 0 Å². The predicted molar refractivity (Wildman–Crippen MR) is 30.2 cm³/mol. The van der Waals surface area contributed by atoms with Crippen molar-refractivity contribution < 1.29 is 5.11 Å². The zero-order valence-electron chi connectivity index (χ0n) is 5.03. The fourth-order valence-corrected chi connectivity index (χ4v) is 0.575. The Morgan fingerprint density at radius 2 is 2.44 bits per heavy atom. The lowest BCUT2D eigenvalue weighted by Gasteiger charge is -1.93. The van der Waals surface area contributed by atoms with E-state index in [9.17, 15) is 5.11 Å². The third kappa shape index (κ3) is 1.81. The van der Waals surface area contributed by atoms with Crippen molar-refractivity contribution in [1.82, 2.24) is 14.8 Å². The Balaban J connectivity index is 2.30. The molecule has 0 saturated carbocycles. The van der Waals surface area contributed by atoms with Crippen molar-refractivity contribution in [1.29, 1.82) is 0 Å². The van der Waals surface area contributed by atoms with E-state index >= 15 is 0 Å². The summed E-state index contributed by atoms with van der Waals surface area (Å²) in [5, 5.41) is 13.8. The lowest BCUT2D eigenvalue weighted by atomic mass is 10.5. The van der Waals surface area contributed by atoms with Gasteiger partial charge in [-0.2, -0.15) is 5.10 Å². The van der Waals surface area contributed by atoms with Gasteiger partial charge in [-0.25, -0.2) is 10.1 Å². The average molecular weight is 126 g/mol. The molecule has 4 heteroatoms. The third-order valence-electron chi connectivity index (χ3n) is 0.998. The normalized spacial score (nSPS) is 9.89. The largest absolute Gasteiger partial charge is 0.253 e. The van der Waals surface area contributed by atoms with Crippen molar-refractivity contribution in [2.75, 3.05) is 6.61 Å². The highest BCUT2D eigenvalue weighted by Gasteiger charge is 1.88. The summed E-state index contributed by atoms with van der Waals surface area (Å²) in [7, 11) is 0. The van der Waals surface area contributed by atoms with Gasteiger partial charge in [-0.1, -0.05) is 0 Å². The lowest BCUT2D eigenvalue weighted by molar-refractivity contribution is 0.182. The molecule has 1 aromatic heterocycles. The van der Waals surface area contributed by atoms with Crippen LogP contribution >= 0.6 is 0 Å². The topological polar surface area (TPSA) is 50.6 Å². The Kier molecular flexibility index (Phi) is 2.21. The van der Waals surface area contributed by atoms with Gasteiger partial charge < -0.3 is 0 Å². The van der Waals surface area contributed by atoms with Gasteiger partial charge in [0.2, 0.25) is 0 Å². The second-order valence-corrected chi connectivity index (χ2v) is 1.72. The van der Waals surface area contributed by atoms with Crippen LogP contribution in [0.5, 0.6) is 0 Å². The van der Waals surface area contributed by atoms with E-state index in [2.05, 4.69) is 10.1 Å². The van der Waals surface area contributed by atoms with Gasteiger partial charge in [0.1, 0.15) is 12.7 Å². The highest BCUT2D eigenvalue weighted by atomic mass is 16.3. The van der Waals surface area contributed by atoms with Gasteiger partial charge >= 0.3 is 0 Å². The molecule has 0 amide bonds. The van der Waals surface area contributed by atoms with E-state index < -0.39 is 0 Å². The number of aromatic nitrogens is 3. The standard InChI is InChI=1S/C5H8N3O/c9-3-1-2-8-5-6-4-7-8/h4-5H,1-3H2. The highest BCUT2D eigenvalue weighted by molar-refractivity contribution is 4.54. The average Bonchev–Trinajstić information content (AvgIpc) is 2.34. The summed E-state index contributed by atoms with van der Waals surface area (Å²) >= 11 is 0. The summed E-state index contributed by atoms with van der Waals surface area (Å²) < 4.78 is 1.65. The lowest BCUT2D eigenvalue weighted by Crippen LogP contribution is -1.99. The molecule has 0 aliphatic carbocycles. The maximum atomic E-state index is 9.96. The predicted octanol–water partition coefficient (Wildman–Crippen LogP) is 0.0987. The first kappa shape index (κ1) is 6.22. The molecule has 49 valence electrons. The Bertz CT molecular complexity index is 149. The maximum absolute atomic E-state index is 9.96. The molecule has 0 aliphatic heterocycles. The molecule has 0 fully saturated rings. The SMILES string of the molecule is [O]CCCn1cncn1. The molecule has 1 rings (SSSR count). The molecule has 0 aliphatic rings. The summed E-state index contributed by atoms with van der Waals surface area (Å²) in [6.45, 7) is 0.642. The minimum atomic E-state index is -0.0418. The Morgan fingerprint density at radius 3 is 3.00 bits per heavy atom. The van der Waals surface area contributed by atoms with E-state index in [1.54, 1.807) is 11.0 Å². The van der Waals surface area contributed by atoms with Gasteiger partial charge in [-0.05, 0) is 6.42 Å². The van der Waals surface area contributed by atoms with E-state index in [0.29, 0.717) is 13.0 Å². The summed E-state index contributed by atoms with van der Waals surface area (Å²) in [6.07, 6.45) is 3.70. The zero-order chi connectivity index (χ0) is 6.53. The van der Waals surface area contributed by atoms with Crippen molar-refractivity contribution in [3.8, 4) is 0 Å². The number of rotatable bonds is 3. The van der Waals surface area contributed by atoms with Crippen LogP contribution in [-0.2, 0) is 11.7 Å². The molecule has 0 atom stereocenters. The minimum Gasteiger partial charge on any atom is -0.253 e. The van der Waals surface area contributed by atoms with Crippen LogP contribution in [0.1, 0.15) is 6.42 Å². The number of nitrogens with zero attached hydrogens (tertiary/aromatic N) is 3. The smallest absolute Gasteiger partial charge is 0.137 e. The van der Waals surface area contributed by atoms with Gasteiger partial charge in [0.25, 0.3) is 0 Å². The van der Waals surface area contributed by atoms with Crippen LogP contribution in [-0.4, -0.2) is 21.4 Å². The minimum absolute atomic E-state index is 0.0418. The van der Waals surface area contributed by atoms with Crippen LogP contribution in [0.15, 0.2) is 12.7 Å². The van der Waals surface area contributed by atoms with E-state index in [4.69, 9.17) is 0 Å². The van der Waals surface area contributed by atoms with Crippen LogP contribution in [0.3, 0.4) is 0 Å². The van der Waals surface area contributed by atoms with E-state index in [1.165, 1.54) is 6.33 Å². The second kappa shape index (κ2) is 3.19. The fourth-order valence-electron chi connectivity index (χ4n) is 0.575. The molecular weight excluding hydrogens is 118 g/mol. The molecule has 0 N–H and O–H groups in total. The molecule has 1 heterocycles. The van der Waals surface area contributed by atoms with Gasteiger partial charge in [0, 0.05) is 6.54 Å².